The first-order valence-corrected chi connectivity index (χ1v) is 20.2. The number of aryl methyl sites for hydroxylation is 2. The number of hydrogen-bond donors (Lipinski definition) is 4. The van der Waals surface area contributed by atoms with Crippen LogP contribution in [0.2, 0.25) is 0 Å². The van der Waals surface area contributed by atoms with Crippen LogP contribution in [0, 0.1) is 19.3 Å². The summed E-state index contributed by atoms with van der Waals surface area (Å²) in [5.74, 6) is -0.872. The molecular formula is C41H50ClN7O8S. The molecule has 1 atom stereocenters. The Morgan fingerprint density at radius 2 is 1.71 bits per heavy atom. The largest absolute Gasteiger partial charge is 0.478 e. The van der Waals surface area contributed by atoms with Crippen LogP contribution in [0.15, 0.2) is 64.0 Å². The van der Waals surface area contributed by atoms with Gasteiger partial charge in [-0.2, -0.15) is 4.98 Å². The first kappa shape index (κ1) is 43.8. The van der Waals surface area contributed by atoms with Crippen LogP contribution in [0.4, 0.5) is 16.4 Å². The highest BCUT2D eigenvalue weighted by Crippen LogP contribution is 2.49. The number of aromatic nitrogens is 4. The molecular weight excluding hydrogens is 786 g/mol. The molecule has 0 bridgehead atoms. The lowest BCUT2D eigenvalue weighted by molar-refractivity contribution is 0.0633. The van der Waals surface area contributed by atoms with Gasteiger partial charge in [-0.05, 0) is 88.6 Å². The lowest BCUT2D eigenvalue weighted by Gasteiger charge is -2.22. The van der Waals surface area contributed by atoms with Gasteiger partial charge in [-0.15, -0.1) is 12.4 Å². The van der Waals surface area contributed by atoms with Gasteiger partial charge >= 0.3 is 12.1 Å². The third-order valence-corrected chi connectivity index (χ3v) is 10.9. The minimum absolute atomic E-state index is 0. The van der Waals surface area contributed by atoms with Crippen molar-refractivity contribution in [3.63, 3.8) is 0 Å². The Morgan fingerprint density at radius 3 is 2.34 bits per heavy atom. The molecule has 58 heavy (non-hydrogen) atoms. The van der Waals surface area contributed by atoms with Crippen LogP contribution in [-0.2, 0) is 21.3 Å². The van der Waals surface area contributed by atoms with E-state index < -0.39 is 27.7 Å². The summed E-state index contributed by atoms with van der Waals surface area (Å²) >= 11 is 0. The molecule has 0 aliphatic heterocycles. The van der Waals surface area contributed by atoms with E-state index in [1.807, 2.05) is 45.9 Å². The third-order valence-electron chi connectivity index (χ3n) is 9.53. The lowest BCUT2D eigenvalue weighted by Crippen LogP contribution is -2.36. The van der Waals surface area contributed by atoms with Gasteiger partial charge in [0.25, 0.3) is 10.0 Å². The van der Waals surface area contributed by atoms with Gasteiger partial charge in [-0.1, -0.05) is 45.0 Å². The van der Waals surface area contributed by atoms with Gasteiger partial charge in [0, 0.05) is 30.1 Å². The van der Waals surface area contributed by atoms with Crippen LogP contribution in [0.3, 0.4) is 0 Å². The Hall–Kier alpha value is -5.32. The van der Waals surface area contributed by atoms with E-state index in [0.29, 0.717) is 40.6 Å². The van der Waals surface area contributed by atoms with Crippen molar-refractivity contribution in [2.75, 3.05) is 16.6 Å². The second kappa shape index (κ2) is 17.3. The van der Waals surface area contributed by atoms with Gasteiger partial charge in [0.15, 0.2) is 5.52 Å². The summed E-state index contributed by atoms with van der Waals surface area (Å²) in [4.78, 5) is 42.5. The maximum absolute atomic E-state index is 13.5. The summed E-state index contributed by atoms with van der Waals surface area (Å²) in [6.07, 6.45) is 3.93. The Bertz CT molecular complexity index is 2410. The normalized spacial score (nSPS) is 14.1. The van der Waals surface area contributed by atoms with Gasteiger partial charge < -0.3 is 24.3 Å². The minimum atomic E-state index is -4.28. The summed E-state index contributed by atoms with van der Waals surface area (Å²) in [6, 6.07) is 12.3. The van der Waals surface area contributed by atoms with E-state index in [-0.39, 0.29) is 58.7 Å². The molecule has 310 valence electrons. The van der Waals surface area contributed by atoms with Crippen LogP contribution in [0.1, 0.15) is 99.7 Å². The summed E-state index contributed by atoms with van der Waals surface area (Å²) in [7, 11) is -4.28. The van der Waals surface area contributed by atoms with Crippen LogP contribution >= 0.6 is 12.4 Å². The second-order valence-corrected chi connectivity index (χ2v) is 17.8. The van der Waals surface area contributed by atoms with Gasteiger partial charge in [-0.3, -0.25) is 5.32 Å². The lowest BCUT2D eigenvalue weighted by atomic mass is 9.99. The molecule has 17 heteroatoms. The molecule has 1 saturated carbocycles. The number of carbonyl (C=O) groups excluding carboxylic acids is 1. The standard InChI is InChI=1S/C41H49N7O8S.ClH/c1-23(2)35-33(47-39(51)56-40(5,6)7)34-36(55-35)43-21-28(44-34)20-42-27(19-41(8)15-16-41)22-54-31-18-30(32-24(3)11-9-12-25(32)4)45-38(46-31)48-57(52,53)29-14-10-13-26(17-29)37(49)50;/h9-14,17-18,21,23,27,42H,15-16,19-20,22H2,1-8H3,(H,47,51)(H,49,50)(H,45,46,48);1H/t27-;/m1./s1. The number of hydrogen-bond acceptors (Lipinski definition) is 12. The van der Waals surface area contributed by atoms with Crippen molar-refractivity contribution in [1.29, 1.82) is 0 Å². The van der Waals surface area contributed by atoms with Crippen molar-refractivity contribution in [3.8, 4) is 17.1 Å². The number of halogens is 1. The highest BCUT2D eigenvalue weighted by atomic mass is 35.5. The van der Waals surface area contributed by atoms with E-state index in [0.717, 1.165) is 42.0 Å². The van der Waals surface area contributed by atoms with E-state index in [9.17, 15) is 23.1 Å². The number of nitrogens with one attached hydrogen (secondary N) is 3. The van der Waals surface area contributed by atoms with Gasteiger partial charge in [0.2, 0.25) is 17.5 Å². The highest BCUT2D eigenvalue weighted by Gasteiger charge is 2.39. The van der Waals surface area contributed by atoms with Crippen molar-refractivity contribution in [3.05, 3.63) is 82.9 Å². The number of rotatable bonds is 15. The number of ether oxygens (including phenoxy) is 2. The Balaban J connectivity index is 0.00000641. The molecule has 2 aromatic carbocycles. The van der Waals surface area contributed by atoms with Crippen LogP contribution in [-0.4, -0.2) is 63.8 Å². The van der Waals surface area contributed by atoms with Gasteiger partial charge in [0.1, 0.15) is 23.7 Å². The number of sulfonamides is 1. The van der Waals surface area contributed by atoms with E-state index in [1.165, 1.54) is 18.2 Å². The molecule has 1 aliphatic carbocycles. The topological polar surface area (TPSA) is 208 Å². The number of nitrogens with zero attached hydrogens (tertiary/aromatic N) is 4. The van der Waals surface area contributed by atoms with Crippen molar-refractivity contribution in [2.45, 2.75) is 104 Å². The maximum Gasteiger partial charge on any atom is 0.412 e. The monoisotopic (exact) mass is 835 g/mol. The Morgan fingerprint density at radius 1 is 1.02 bits per heavy atom. The number of carbonyl (C=O) groups is 2. The van der Waals surface area contributed by atoms with Crippen molar-refractivity contribution in [2.24, 2.45) is 5.41 Å². The highest BCUT2D eigenvalue weighted by molar-refractivity contribution is 7.92. The van der Waals surface area contributed by atoms with Gasteiger partial charge in [-0.25, -0.2) is 37.7 Å². The molecule has 3 heterocycles. The molecule has 4 N–H and O–H groups in total. The second-order valence-electron chi connectivity index (χ2n) is 16.2. The molecule has 1 fully saturated rings. The molecule has 6 rings (SSSR count). The quantitative estimate of drug-likeness (QED) is 0.0782. The summed E-state index contributed by atoms with van der Waals surface area (Å²) in [5, 5.41) is 15.8. The predicted molar refractivity (Wildman–Crippen MR) is 222 cm³/mol. The average molecular weight is 836 g/mol. The van der Waals surface area contributed by atoms with E-state index >= 15 is 0 Å². The number of amides is 1. The minimum Gasteiger partial charge on any atom is -0.478 e. The summed E-state index contributed by atoms with van der Waals surface area (Å²) < 4.78 is 47.3. The zero-order valence-electron chi connectivity index (χ0n) is 33.8. The fourth-order valence-corrected chi connectivity index (χ4v) is 7.44. The first-order valence-electron chi connectivity index (χ1n) is 18.8. The molecule has 0 saturated heterocycles. The van der Waals surface area contributed by atoms with Crippen LogP contribution < -0.4 is 20.1 Å². The predicted octanol–water partition coefficient (Wildman–Crippen LogP) is 8.42. The Labute approximate surface area is 344 Å². The van der Waals surface area contributed by atoms with E-state index in [4.69, 9.17) is 18.9 Å². The number of benzene rings is 2. The SMILES string of the molecule is Cc1cccc(C)c1-c1cc(OC[C@@H](CC2(C)CC2)NCc2cnc3oc(C(C)C)c(NC(=O)OC(C)(C)C)c3n2)nc(NS(=O)(=O)c2cccc(C(=O)O)c2)n1.Cl. The molecule has 0 spiro atoms. The third kappa shape index (κ3) is 10.8. The zero-order valence-corrected chi connectivity index (χ0v) is 35.4. The molecule has 0 radical (unpaired) electrons. The average Bonchev–Trinajstić information content (AvgIpc) is 3.75. The fraction of sp³-hybridized carbons (Fsp3) is 0.415. The van der Waals surface area contributed by atoms with Crippen LogP contribution in [0.25, 0.3) is 22.5 Å². The van der Waals surface area contributed by atoms with Gasteiger partial charge in [0.05, 0.1) is 28.0 Å². The van der Waals surface area contributed by atoms with E-state index in [2.05, 4.69) is 37.2 Å². The van der Waals surface area contributed by atoms with Crippen LogP contribution in [0.5, 0.6) is 5.88 Å². The number of carboxylic acids is 1. The molecule has 5 aromatic rings. The van der Waals surface area contributed by atoms with E-state index in [1.54, 1.807) is 33.0 Å². The summed E-state index contributed by atoms with van der Waals surface area (Å²) in [5.41, 5.74) is 4.07. The number of aromatic carboxylic acids is 1. The number of fused-ring (bicyclic) bond motifs is 1. The number of carboxylic acid groups (broad SMARTS) is 1. The maximum atomic E-state index is 13.5. The molecule has 1 amide bonds. The fourth-order valence-electron chi connectivity index (χ4n) is 6.45. The molecule has 15 nitrogen and oxygen atoms in total. The molecule has 3 aromatic heterocycles. The molecule has 1 aliphatic rings. The Kier molecular flexibility index (Phi) is 13.0. The van der Waals surface area contributed by atoms with Crippen molar-refractivity contribution in [1.82, 2.24) is 25.3 Å². The van der Waals surface area contributed by atoms with Crippen molar-refractivity contribution < 1.29 is 37.0 Å². The number of anilines is 2. The zero-order chi connectivity index (χ0) is 41.3. The summed E-state index contributed by atoms with van der Waals surface area (Å²) in [6.45, 7) is 15.8. The smallest absolute Gasteiger partial charge is 0.412 e. The van der Waals surface area contributed by atoms with Crippen molar-refractivity contribution >= 4 is 57.4 Å². The first-order chi connectivity index (χ1) is 26.8. The number of furan rings is 1. The molecule has 0 unspecified atom stereocenters.